The van der Waals surface area contributed by atoms with E-state index in [9.17, 15) is 14.4 Å². The first-order chi connectivity index (χ1) is 13.3. The molecule has 1 aliphatic rings. The molecule has 2 aromatic rings. The maximum atomic E-state index is 12.6. The third-order valence-electron chi connectivity index (χ3n) is 4.46. The molecule has 0 spiro atoms. The molecule has 0 unspecified atom stereocenters. The summed E-state index contributed by atoms with van der Waals surface area (Å²) in [6.07, 6.45) is 0.589. The van der Waals surface area contributed by atoms with Gasteiger partial charge in [-0.2, -0.15) is 0 Å². The van der Waals surface area contributed by atoms with E-state index in [4.69, 9.17) is 10.5 Å². The smallest absolute Gasteiger partial charge is 0.256 e. The molecule has 0 bridgehead atoms. The summed E-state index contributed by atoms with van der Waals surface area (Å²) in [7, 11) is 0. The molecule has 0 aliphatic carbocycles. The molecule has 0 radical (unpaired) electrons. The van der Waals surface area contributed by atoms with Crippen molar-refractivity contribution in [2.75, 3.05) is 11.9 Å². The minimum atomic E-state index is -0.579. The monoisotopic (exact) mass is 401 g/mol. The Labute approximate surface area is 167 Å². The van der Waals surface area contributed by atoms with Crippen molar-refractivity contribution in [1.82, 2.24) is 4.90 Å². The number of nitrogens with zero attached hydrogens (tertiary/aromatic N) is 1. The number of hydrogen-bond donors (Lipinski definition) is 2. The summed E-state index contributed by atoms with van der Waals surface area (Å²) in [6, 6.07) is 6.80. The molecular formula is C20H23N3O4S. The molecular weight excluding hydrogens is 378 g/mol. The maximum Gasteiger partial charge on any atom is 0.256 e. The Kier molecular flexibility index (Phi) is 5.69. The zero-order chi connectivity index (χ0) is 20.4. The predicted octanol–water partition coefficient (Wildman–Crippen LogP) is 2.79. The summed E-state index contributed by atoms with van der Waals surface area (Å²) in [4.78, 5) is 38.9. The van der Waals surface area contributed by atoms with Crippen molar-refractivity contribution < 1.29 is 19.1 Å². The van der Waals surface area contributed by atoms with E-state index in [2.05, 4.69) is 5.32 Å². The fourth-order valence-electron chi connectivity index (χ4n) is 3.15. The summed E-state index contributed by atoms with van der Waals surface area (Å²) in [5.74, 6) is -0.250. The van der Waals surface area contributed by atoms with Gasteiger partial charge in [-0.3, -0.25) is 14.4 Å². The van der Waals surface area contributed by atoms with E-state index in [0.29, 0.717) is 41.4 Å². The van der Waals surface area contributed by atoms with Crippen molar-refractivity contribution in [3.05, 3.63) is 45.8 Å². The fourth-order valence-corrected chi connectivity index (χ4v) is 4.42. The highest BCUT2D eigenvalue weighted by molar-refractivity contribution is 7.17. The molecule has 0 fully saturated rings. The molecule has 7 nitrogen and oxygen atoms in total. The number of carbonyl (C=O) groups excluding carboxylic acids is 3. The largest absolute Gasteiger partial charge is 0.491 e. The summed E-state index contributed by atoms with van der Waals surface area (Å²) < 4.78 is 5.58. The van der Waals surface area contributed by atoms with E-state index < -0.39 is 5.91 Å². The fraction of sp³-hybridized carbons (Fsp3) is 0.350. The molecule has 2 heterocycles. The molecule has 1 aliphatic heterocycles. The number of amides is 3. The third-order valence-corrected chi connectivity index (χ3v) is 5.60. The van der Waals surface area contributed by atoms with Gasteiger partial charge in [0, 0.05) is 23.9 Å². The Balaban J connectivity index is 1.83. The SMILES string of the molecule is CC(=O)N1CCc2c(sc(NC(=O)c3ccc(OC(C)C)cc3)c2C(N)=O)C1. The van der Waals surface area contributed by atoms with Crippen LogP contribution < -0.4 is 15.8 Å². The number of carbonyl (C=O) groups is 3. The van der Waals surface area contributed by atoms with Crippen LogP contribution in [0.15, 0.2) is 24.3 Å². The van der Waals surface area contributed by atoms with Crippen LogP contribution in [0.1, 0.15) is 51.9 Å². The van der Waals surface area contributed by atoms with Crippen molar-refractivity contribution in [3.8, 4) is 5.75 Å². The van der Waals surface area contributed by atoms with Crippen LogP contribution in [0.2, 0.25) is 0 Å². The van der Waals surface area contributed by atoms with Gasteiger partial charge in [0.2, 0.25) is 5.91 Å². The van der Waals surface area contributed by atoms with E-state index in [-0.39, 0.29) is 17.9 Å². The second kappa shape index (κ2) is 8.02. The first kappa shape index (κ1) is 19.9. The molecule has 0 saturated heterocycles. The number of anilines is 1. The van der Waals surface area contributed by atoms with E-state index >= 15 is 0 Å². The zero-order valence-corrected chi connectivity index (χ0v) is 16.9. The van der Waals surface area contributed by atoms with Crippen LogP contribution in [-0.4, -0.2) is 35.3 Å². The molecule has 0 atom stereocenters. The predicted molar refractivity (Wildman–Crippen MR) is 108 cm³/mol. The van der Waals surface area contributed by atoms with Crippen LogP contribution >= 0.6 is 11.3 Å². The van der Waals surface area contributed by atoms with Gasteiger partial charge in [-0.15, -0.1) is 11.3 Å². The van der Waals surface area contributed by atoms with Crippen LogP contribution in [0.5, 0.6) is 5.75 Å². The minimum Gasteiger partial charge on any atom is -0.491 e. The lowest BCUT2D eigenvalue weighted by molar-refractivity contribution is -0.129. The summed E-state index contributed by atoms with van der Waals surface area (Å²) in [5.41, 5.74) is 7.19. The zero-order valence-electron chi connectivity index (χ0n) is 16.1. The van der Waals surface area contributed by atoms with Crippen LogP contribution in [0.3, 0.4) is 0 Å². The highest BCUT2D eigenvalue weighted by atomic mass is 32.1. The van der Waals surface area contributed by atoms with E-state index in [1.807, 2.05) is 13.8 Å². The Morgan fingerprint density at radius 2 is 1.89 bits per heavy atom. The van der Waals surface area contributed by atoms with Gasteiger partial charge in [0.05, 0.1) is 18.2 Å². The number of nitrogens with one attached hydrogen (secondary N) is 1. The Morgan fingerprint density at radius 3 is 2.46 bits per heavy atom. The highest BCUT2D eigenvalue weighted by Gasteiger charge is 2.28. The third kappa shape index (κ3) is 4.17. The number of nitrogens with two attached hydrogens (primary N) is 1. The quantitative estimate of drug-likeness (QED) is 0.804. The van der Waals surface area contributed by atoms with Crippen LogP contribution in [0, 0.1) is 0 Å². The summed E-state index contributed by atoms with van der Waals surface area (Å²) in [6.45, 7) is 6.33. The van der Waals surface area contributed by atoms with Crippen molar-refractivity contribution in [2.24, 2.45) is 5.73 Å². The van der Waals surface area contributed by atoms with Gasteiger partial charge in [0.1, 0.15) is 10.8 Å². The van der Waals surface area contributed by atoms with Crippen molar-refractivity contribution in [3.63, 3.8) is 0 Å². The average molecular weight is 401 g/mol. The lowest BCUT2D eigenvalue weighted by atomic mass is 10.0. The lowest BCUT2D eigenvalue weighted by Crippen LogP contribution is -2.34. The van der Waals surface area contributed by atoms with Gasteiger partial charge in [-0.1, -0.05) is 0 Å². The lowest BCUT2D eigenvalue weighted by Gasteiger charge is -2.25. The normalized spacial score (nSPS) is 13.2. The molecule has 28 heavy (non-hydrogen) atoms. The number of primary amides is 1. The first-order valence-electron chi connectivity index (χ1n) is 9.04. The first-order valence-corrected chi connectivity index (χ1v) is 9.85. The van der Waals surface area contributed by atoms with Crippen LogP contribution in [-0.2, 0) is 17.8 Å². The standard InChI is InChI=1S/C20H23N3O4S/c1-11(2)27-14-6-4-13(5-7-14)19(26)22-20-17(18(21)25)15-8-9-23(12(3)24)10-16(15)28-20/h4-7,11H,8-10H2,1-3H3,(H2,21,25)(H,22,26). The number of ether oxygens (including phenoxy) is 1. The van der Waals surface area contributed by atoms with Gasteiger partial charge in [-0.25, -0.2) is 0 Å². The number of thiophene rings is 1. The molecule has 1 aromatic carbocycles. The second-order valence-electron chi connectivity index (χ2n) is 6.91. The average Bonchev–Trinajstić information content (AvgIpc) is 2.98. The van der Waals surface area contributed by atoms with Gasteiger partial charge in [0.15, 0.2) is 0 Å². The van der Waals surface area contributed by atoms with E-state index in [1.54, 1.807) is 29.2 Å². The van der Waals surface area contributed by atoms with Crippen LogP contribution in [0.25, 0.3) is 0 Å². The van der Waals surface area contributed by atoms with Crippen molar-refractivity contribution >= 4 is 34.1 Å². The molecule has 3 rings (SSSR count). The maximum absolute atomic E-state index is 12.6. The Bertz CT molecular complexity index is 918. The number of benzene rings is 1. The molecule has 3 amide bonds. The summed E-state index contributed by atoms with van der Waals surface area (Å²) >= 11 is 1.29. The Morgan fingerprint density at radius 1 is 1.21 bits per heavy atom. The number of rotatable bonds is 5. The molecule has 0 saturated carbocycles. The topological polar surface area (TPSA) is 102 Å². The summed E-state index contributed by atoms with van der Waals surface area (Å²) in [5, 5.41) is 3.23. The molecule has 1 aromatic heterocycles. The number of hydrogen-bond acceptors (Lipinski definition) is 5. The van der Waals surface area contributed by atoms with Crippen molar-refractivity contribution in [1.29, 1.82) is 0 Å². The molecule has 148 valence electrons. The molecule has 8 heteroatoms. The Hall–Kier alpha value is -2.87. The van der Waals surface area contributed by atoms with Crippen LogP contribution in [0.4, 0.5) is 5.00 Å². The molecule has 3 N–H and O–H groups in total. The van der Waals surface area contributed by atoms with Gasteiger partial charge >= 0.3 is 0 Å². The van der Waals surface area contributed by atoms with E-state index in [1.165, 1.54) is 18.3 Å². The van der Waals surface area contributed by atoms with Crippen molar-refractivity contribution in [2.45, 2.75) is 39.8 Å². The second-order valence-corrected chi connectivity index (χ2v) is 8.01. The number of fused-ring (bicyclic) bond motifs is 1. The van der Waals surface area contributed by atoms with E-state index in [0.717, 1.165) is 10.4 Å². The van der Waals surface area contributed by atoms with Gasteiger partial charge < -0.3 is 20.7 Å². The van der Waals surface area contributed by atoms with Gasteiger partial charge in [-0.05, 0) is 50.1 Å². The highest BCUT2D eigenvalue weighted by Crippen LogP contribution is 2.37. The minimum absolute atomic E-state index is 0.0195. The van der Waals surface area contributed by atoms with Gasteiger partial charge in [0.25, 0.3) is 11.8 Å².